The number of Topliss-reactive ketones (excluding diaryl/α,β-unsaturated/α-hetero) is 1. The van der Waals surface area contributed by atoms with Gasteiger partial charge in [0.25, 0.3) is 0 Å². The molecule has 0 bridgehead atoms. The fourth-order valence-corrected chi connectivity index (χ4v) is 3.58. The minimum Gasteiger partial charge on any atom is -0.493 e. The van der Waals surface area contributed by atoms with Crippen molar-refractivity contribution in [3.05, 3.63) is 70.9 Å². The van der Waals surface area contributed by atoms with E-state index in [1.165, 1.54) is 0 Å². The van der Waals surface area contributed by atoms with Crippen molar-refractivity contribution in [3.63, 3.8) is 0 Å². The van der Waals surface area contributed by atoms with E-state index < -0.39 is 6.04 Å². The minimum absolute atomic E-state index is 0.0461. The van der Waals surface area contributed by atoms with Crippen LogP contribution in [0.3, 0.4) is 0 Å². The summed E-state index contributed by atoms with van der Waals surface area (Å²) in [5.41, 5.74) is 2.89. The minimum atomic E-state index is -0.437. The van der Waals surface area contributed by atoms with Crippen molar-refractivity contribution in [2.24, 2.45) is 0 Å². The summed E-state index contributed by atoms with van der Waals surface area (Å²) in [4.78, 5) is 15.3. The van der Waals surface area contributed by atoms with E-state index >= 15 is 0 Å². The Morgan fingerprint density at radius 2 is 1.89 bits per heavy atom. The van der Waals surface area contributed by atoms with Crippen LogP contribution < -0.4 is 14.8 Å². The van der Waals surface area contributed by atoms with E-state index in [4.69, 9.17) is 21.7 Å². The Balaban J connectivity index is 2.18. The fraction of sp³-hybridized carbons (Fsp3) is 0.273. The average molecular weight is 397 g/mol. The molecular weight excluding hydrogens is 372 g/mol. The van der Waals surface area contributed by atoms with E-state index in [1.807, 2.05) is 74.3 Å². The van der Waals surface area contributed by atoms with Crippen molar-refractivity contribution in [1.82, 2.24) is 10.2 Å². The summed E-state index contributed by atoms with van der Waals surface area (Å²) in [5.74, 6) is 1.19. The van der Waals surface area contributed by atoms with Crippen LogP contribution in [0, 0.1) is 0 Å². The number of carbonyl (C=O) groups excluding carboxylic acids is 1. The third-order valence-electron chi connectivity index (χ3n) is 4.86. The standard InChI is InChI=1S/C22H24N2O3S/c1-5-27-21-16(12-9-13-17(21)26-4)19-18(14(2)24(3)22(28)23-19)20(25)15-10-7-6-8-11-15/h6-13,19H,5H2,1-4H3,(H,23,28). The van der Waals surface area contributed by atoms with Gasteiger partial charge in [-0.1, -0.05) is 42.5 Å². The first kappa shape index (κ1) is 19.9. The van der Waals surface area contributed by atoms with Gasteiger partial charge in [-0.2, -0.15) is 0 Å². The largest absolute Gasteiger partial charge is 0.493 e. The SMILES string of the molecule is CCOc1c(OC)cccc1C1NC(=S)N(C)C(C)=C1C(=O)c1ccccc1. The van der Waals surface area contributed by atoms with Gasteiger partial charge in [-0.25, -0.2) is 0 Å². The number of ether oxygens (including phenoxy) is 2. The van der Waals surface area contributed by atoms with E-state index in [0.29, 0.717) is 34.4 Å². The van der Waals surface area contributed by atoms with Crippen molar-refractivity contribution in [1.29, 1.82) is 0 Å². The molecule has 1 N–H and O–H groups in total. The molecule has 6 heteroatoms. The number of benzene rings is 2. The quantitative estimate of drug-likeness (QED) is 0.586. The normalized spacial score (nSPS) is 16.6. The van der Waals surface area contributed by atoms with Gasteiger partial charge >= 0.3 is 0 Å². The Bertz CT molecular complexity index is 925. The third kappa shape index (κ3) is 3.60. The Labute approximate surface area is 170 Å². The van der Waals surface area contributed by atoms with Crippen LogP contribution in [0.25, 0.3) is 0 Å². The van der Waals surface area contributed by atoms with Crippen LogP contribution in [0.4, 0.5) is 0 Å². The number of nitrogens with one attached hydrogen (secondary N) is 1. The Morgan fingerprint density at radius 3 is 2.54 bits per heavy atom. The second-order valence-corrected chi connectivity index (χ2v) is 6.83. The topological polar surface area (TPSA) is 50.8 Å². The van der Waals surface area contributed by atoms with Crippen molar-refractivity contribution in [3.8, 4) is 11.5 Å². The number of hydrogen-bond acceptors (Lipinski definition) is 4. The molecule has 2 aromatic rings. The van der Waals surface area contributed by atoms with Gasteiger partial charge in [0.15, 0.2) is 22.4 Å². The molecule has 0 saturated carbocycles. The summed E-state index contributed by atoms with van der Waals surface area (Å²) in [5, 5.41) is 3.86. The summed E-state index contributed by atoms with van der Waals surface area (Å²) in [6, 6.07) is 14.5. The highest BCUT2D eigenvalue weighted by Crippen LogP contribution is 2.40. The molecule has 0 saturated heterocycles. The highest BCUT2D eigenvalue weighted by molar-refractivity contribution is 7.80. The van der Waals surface area contributed by atoms with Crippen LogP contribution in [0.15, 0.2) is 59.8 Å². The molecule has 28 heavy (non-hydrogen) atoms. The number of allylic oxidation sites excluding steroid dienone is 1. The Kier molecular flexibility index (Phi) is 5.99. The summed E-state index contributed by atoms with van der Waals surface area (Å²) < 4.78 is 11.4. The highest BCUT2D eigenvalue weighted by atomic mass is 32.1. The molecule has 0 spiro atoms. The van der Waals surface area contributed by atoms with Gasteiger partial charge in [-0.05, 0) is 32.1 Å². The molecule has 1 heterocycles. The molecule has 5 nitrogen and oxygen atoms in total. The van der Waals surface area contributed by atoms with Crippen molar-refractivity contribution >= 4 is 23.1 Å². The third-order valence-corrected chi connectivity index (χ3v) is 5.26. The van der Waals surface area contributed by atoms with Gasteiger partial charge in [0, 0.05) is 29.4 Å². The van der Waals surface area contributed by atoms with E-state index in [1.54, 1.807) is 7.11 Å². The van der Waals surface area contributed by atoms with Gasteiger partial charge in [0.2, 0.25) is 0 Å². The summed E-state index contributed by atoms with van der Waals surface area (Å²) in [7, 11) is 3.46. The monoisotopic (exact) mass is 396 g/mol. The summed E-state index contributed by atoms with van der Waals surface area (Å²) >= 11 is 5.51. The van der Waals surface area contributed by atoms with E-state index in [9.17, 15) is 4.79 Å². The van der Waals surface area contributed by atoms with Crippen LogP contribution in [-0.4, -0.2) is 36.6 Å². The van der Waals surface area contributed by atoms with E-state index in [2.05, 4.69) is 5.32 Å². The number of hydrogen-bond donors (Lipinski definition) is 1. The fourth-order valence-electron chi connectivity index (χ4n) is 3.33. The molecule has 2 aromatic carbocycles. The zero-order valence-electron chi connectivity index (χ0n) is 16.5. The lowest BCUT2D eigenvalue weighted by Gasteiger charge is -2.36. The molecular formula is C22H24N2O3S. The van der Waals surface area contributed by atoms with Crippen LogP contribution >= 0.6 is 12.2 Å². The van der Waals surface area contributed by atoms with Crippen molar-refractivity contribution in [2.45, 2.75) is 19.9 Å². The first-order chi connectivity index (χ1) is 13.5. The zero-order valence-corrected chi connectivity index (χ0v) is 17.3. The number of para-hydroxylation sites is 1. The number of nitrogens with zero attached hydrogens (tertiary/aromatic N) is 1. The second kappa shape index (κ2) is 8.44. The van der Waals surface area contributed by atoms with Crippen LogP contribution in [0.1, 0.15) is 35.8 Å². The van der Waals surface area contributed by atoms with E-state index in [-0.39, 0.29) is 5.78 Å². The van der Waals surface area contributed by atoms with Gasteiger partial charge in [0.1, 0.15) is 0 Å². The van der Waals surface area contributed by atoms with Crippen LogP contribution in [-0.2, 0) is 0 Å². The summed E-state index contributed by atoms with van der Waals surface area (Å²) in [6.45, 7) is 4.31. The van der Waals surface area contributed by atoms with Gasteiger partial charge in [-0.15, -0.1) is 0 Å². The molecule has 1 aliphatic rings. The number of carbonyl (C=O) groups is 1. The first-order valence-electron chi connectivity index (χ1n) is 9.14. The lowest BCUT2D eigenvalue weighted by atomic mass is 9.88. The first-order valence-corrected chi connectivity index (χ1v) is 9.54. The molecule has 0 aliphatic carbocycles. The van der Waals surface area contributed by atoms with E-state index in [0.717, 1.165) is 11.3 Å². The zero-order chi connectivity index (χ0) is 20.3. The van der Waals surface area contributed by atoms with Crippen molar-refractivity contribution < 1.29 is 14.3 Å². The molecule has 0 amide bonds. The number of rotatable bonds is 6. The lowest BCUT2D eigenvalue weighted by Crippen LogP contribution is -2.46. The van der Waals surface area contributed by atoms with Crippen LogP contribution in [0.2, 0.25) is 0 Å². The molecule has 0 aromatic heterocycles. The number of thiocarbonyl (C=S) groups is 1. The molecule has 146 valence electrons. The van der Waals surface area contributed by atoms with Crippen LogP contribution in [0.5, 0.6) is 11.5 Å². The maximum Gasteiger partial charge on any atom is 0.193 e. The van der Waals surface area contributed by atoms with Crippen molar-refractivity contribution in [2.75, 3.05) is 20.8 Å². The van der Waals surface area contributed by atoms with Gasteiger partial charge < -0.3 is 19.7 Å². The highest BCUT2D eigenvalue weighted by Gasteiger charge is 2.35. The smallest absolute Gasteiger partial charge is 0.193 e. The molecule has 1 aliphatic heterocycles. The maximum absolute atomic E-state index is 13.4. The molecule has 3 rings (SSSR count). The molecule has 0 fully saturated rings. The Morgan fingerprint density at radius 1 is 1.18 bits per heavy atom. The average Bonchev–Trinajstić information content (AvgIpc) is 2.72. The predicted molar refractivity (Wildman–Crippen MR) is 114 cm³/mol. The number of methoxy groups -OCH3 is 1. The number of ketones is 1. The van der Waals surface area contributed by atoms with Gasteiger partial charge in [-0.3, -0.25) is 4.79 Å². The van der Waals surface area contributed by atoms with Gasteiger partial charge in [0.05, 0.1) is 19.8 Å². The molecule has 1 atom stereocenters. The molecule has 0 radical (unpaired) electrons. The Hall–Kier alpha value is -2.86. The predicted octanol–water partition coefficient (Wildman–Crippen LogP) is 4.11. The second-order valence-electron chi connectivity index (χ2n) is 6.45. The molecule has 1 unspecified atom stereocenters. The lowest BCUT2D eigenvalue weighted by molar-refractivity contribution is 0.102. The maximum atomic E-state index is 13.4. The summed E-state index contributed by atoms with van der Waals surface area (Å²) in [6.07, 6.45) is 0.